The van der Waals surface area contributed by atoms with Crippen molar-refractivity contribution in [2.75, 3.05) is 5.75 Å². The van der Waals surface area contributed by atoms with Gasteiger partial charge in [-0.1, -0.05) is 18.2 Å². The number of aliphatic hydroxyl groups excluding tert-OH is 3. The molecule has 0 aliphatic carbocycles. The van der Waals surface area contributed by atoms with Gasteiger partial charge in [0.1, 0.15) is 18.0 Å². The predicted molar refractivity (Wildman–Crippen MR) is 89.3 cm³/mol. The number of hydrogen-bond acceptors (Lipinski definition) is 6. The summed E-state index contributed by atoms with van der Waals surface area (Å²) in [6.45, 7) is 1.94. The Labute approximate surface area is 139 Å². The Morgan fingerprint density at radius 2 is 1.87 bits per heavy atom. The molecule has 0 saturated carbocycles. The van der Waals surface area contributed by atoms with E-state index in [4.69, 9.17) is 4.74 Å². The number of rotatable bonds is 3. The van der Waals surface area contributed by atoms with Crippen LogP contribution in [0.4, 0.5) is 0 Å². The van der Waals surface area contributed by atoms with Crippen LogP contribution in [-0.4, -0.2) is 49.8 Å². The molecule has 1 saturated heterocycles. The van der Waals surface area contributed by atoms with E-state index >= 15 is 0 Å². The monoisotopic (exact) mass is 333 g/mol. The number of benzene rings is 1. The third-order valence-electron chi connectivity index (χ3n) is 3.72. The highest BCUT2D eigenvalue weighted by Crippen LogP contribution is 2.30. The van der Waals surface area contributed by atoms with Crippen LogP contribution in [0.3, 0.4) is 0 Å². The molecule has 0 spiro atoms. The number of hydrogen-bond donors (Lipinski definition) is 3. The van der Waals surface area contributed by atoms with E-state index in [1.54, 1.807) is 6.07 Å². The van der Waals surface area contributed by atoms with Crippen LogP contribution in [0, 0.1) is 6.92 Å². The number of pyridine rings is 1. The fourth-order valence-electron chi connectivity index (χ4n) is 2.45. The molecule has 4 atom stereocenters. The van der Waals surface area contributed by atoms with Crippen LogP contribution in [0.2, 0.25) is 0 Å². The van der Waals surface area contributed by atoms with Gasteiger partial charge in [-0.15, -0.1) is 11.8 Å². The maximum atomic E-state index is 10.0. The van der Waals surface area contributed by atoms with Crippen LogP contribution < -0.4 is 4.74 Å². The van der Waals surface area contributed by atoms with Crippen LogP contribution in [0.5, 0.6) is 5.75 Å². The molecule has 1 aromatic heterocycles. The largest absolute Gasteiger partial charge is 0.477 e. The van der Waals surface area contributed by atoms with E-state index in [2.05, 4.69) is 4.98 Å². The van der Waals surface area contributed by atoms with Crippen molar-refractivity contribution in [1.82, 2.24) is 4.98 Å². The summed E-state index contributed by atoms with van der Waals surface area (Å²) in [5.74, 6) is 0.910. The van der Waals surface area contributed by atoms with Gasteiger partial charge < -0.3 is 20.1 Å². The van der Waals surface area contributed by atoms with Gasteiger partial charge in [0.25, 0.3) is 0 Å². The zero-order chi connectivity index (χ0) is 16.4. The van der Waals surface area contributed by atoms with Gasteiger partial charge in [-0.3, -0.25) is 4.98 Å². The lowest BCUT2D eigenvalue weighted by molar-refractivity contribution is -0.0786. The van der Waals surface area contributed by atoms with Crippen molar-refractivity contribution in [3.63, 3.8) is 0 Å². The van der Waals surface area contributed by atoms with Gasteiger partial charge in [-0.05, 0) is 31.2 Å². The Kier molecular flexibility index (Phi) is 4.87. The molecular weight excluding hydrogens is 314 g/mol. The minimum Gasteiger partial charge on any atom is -0.477 e. The summed E-state index contributed by atoms with van der Waals surface area (Å²) >= 11 is 1.28. The van der Waals surface area contributed by atoms with Gasteiger partial charge >= 0.3 is 0 Å². The lowest BCUT2D eigenvalue weighted by Crippen LogP contribution is -2.50. The van der Waals surface area contributed by atoms with E-state index in [0.29, 0.717) is 11.5 Å². The number of aliphatic hydroxyl groups is 3. The average molecular weight is 333 g/mol. The molecule has 5 nitrogen and oxygen atoms in total. The smallest absolute Gasteiger partial charge is 0.173 e. The molecule has 1 aliphatic heterocycles. The molecular formula is C17H19NO4S. The molecule has 122 valence electrons. The van der Waals surface area contributed by atoms with E-state index in [1.807, 2.05) is 43.3 Å². The SMILES string of the molecule is Cc1cccc(-c2cccc(O[C@H]3SC[C@@H](O)[C@H](O)[C@H]3O)c2)n1. The highest BCUT2D eigenvalue weighted by molar-refractivity contribution is 7.99. The number of aromatic nitrogens is 1. The van der Waals surface area contributed by atoms with E-state index in [0.717, 1.165) is 17.0 Å². The first kappa shape index (κ1) is 16.3. The molecule has 6 heteroatoms. The molecule has 3 N–H and O–H groups in total. The van der Waals surface area contributed by atoms with E-state index in [9.17, 15) is 15.3 Å². The Hall–Kier alpha value is -1.60. The highest BCUT2D eigenvalue weighted by atomic mass is 32.2. The van der Waals surface area contributed by atoms with Crippen molar-refractivity contribution < 1.29 is 20.1 Å². The fourth-order valence-corrected chi connectivity index (χ4v) is 3.57. The Morgan fingerprint density at radius 3 is 2.65 bits per heavy atom. The van der Waals surface area contributed by atoms with Crippen molar-refractivity contribution in [3.05, 3.63) is 48.2 Å². The standard InChI is InChI=1S/C17H19NO4S/c1-10-4-2-7-13(18-10)11-5-3-6-12(8-11)22-17-16(21)15(20)14(19)9-23-17/h2-8,14-17,19-21H,9H2,1H3/t14-,15+,16-,17+/m1/s1. The number of thioether (sulfide) groups is 1. The fraction of sp³-hybridized carbons (Fsp3) is 0.353. The van der Waals surface area contributed by atoms with Gasteiger partial charge in [-0.2, -0.15) is 0 Å². The number of nitrogens with zero attached hydrogens (tertiary/aromatic N) is 1. The molecule has 0 unspecified atom stereocenters. The first-order chi connectivity index (χ1) is 11.0. The molecule has 2 aromatic rings. The minimum absolute atomic E-state index is 0.321. The summed E-state index contributed by atoms with van der Waals surface area (Å²) in [5.41, 5.74) is 2.09. The normalized spacial score (nSPS) is 27.7. The summed E-state index contributed by atoms with van der Waals surface area (Å²) in [5, 5.41) is 29.3. The molecule has 0 amide bonds. The van der Waals surface area contributed by atoms with Crippen LogP contribution in [-0.2, 0) is 0 Å². The predicted octanol–water partition coefficient (Wildman–Crippen LogP) is 1.59. The molecule has 3 rings (SSSR count). The van der Waals surface area contributed by atoms with Crippen LogP contribution >= 0.6 is 11.8 Å². The number of ether oxygens (including phenoxy) is 1. The van der Waals surface area contributed by atoms with Gasteiger partial charge in [0.15, 0.2) is 5.44 Å². The summed E-state index contributed by atoms with van der Waals surface area (Å²) in [6.07, 6.45) is -3.26. The van der Waals surface area contributed by atoms with Crippen molar-refractivity contribution >= 4 is 11.8 Å². The van der Waals surface area contributed by atoms with Gasteiger partial charge in [-0.25, -0.2) is 0 Å². The first-order valence-electron chi connectivity index (χ1n) is 7.41. The Bertz CT molecular complexity index is 681. The van der Waals surface area contributed by atoms with E-state index in [-0.39, 0.29) is 0 Å². The molecule has 1 aromatic carbocycles. The van der Waals surface area contributed by atoms with Crippen LogP contribution in [0.1, 0.15) is 5.69 Å². The summed E-state index contributed by atoms with van der Waals surface area (Å²) in [7, 11) is 0. The molecule has 1 fully saturated rings. The maximum Gasteiger partial charge on any atom is 0.173 e. The zero-order valence-electron chi connectivity index (χ0n) is 12.7. The van der Waals surface area contributed by atoms with Crippen LogP contribution in [0.25, 0.3) is 11.3 Å². The molecule has 1 aliphatic rings. The van der Waals surface area contributed by atoms with Crippen molar-refractivity contribution in [3.8, 4) is 17.0 Å². The van der Waals surface area contributed by atoms with Gasteiger partial charge in [0.05, 0.1) is 11.8 Å². The molecule has 0 bridgehead atoms. The zero-order valence-corrected chi connectivity index (χ0v) is 13.5. The second kappa shape index (κ2) is 6.88. The van der Waals surface area contributed by atoms with E-state index < -0.39 is 23.7 Å². The second-order valence-electron chi connectivity index (χ2n) is 5.56. The third-order valence-corrected chi connectivity index (χ3v) is 4.96. The van der Waals surface area contributed by atoms with Gasteiger partial charge in [0, 0.05) is 17.0 Å². The van der Waals surface area contributed by atoms with Crippen molar-refractivity contribution in [2.24, 2.45) is 0 Å². The minimum atomic E-state index is -1.19. The lowest BCUT2D eigenvalue weighted by Gasteiger charge is -2.34. The average Bonchev–Trinajstić information content (AvgIpc) is 2.56. The van der Waals surface area contributed by atoms with E-state index in [1.165, 1.54) is 11.8 Å². The maximum absolute atomic E-state index is 10.0. The quantitative estimate of drug-likeness (QED) is 0.791. The lowest BCUT2D eigenvalue weighted by atomic mass is 10.1. The summed E-state index contributed by atoms with van der Waals surface area (Å²) < 4.78 is 5.79. The topological polar surface area (TPSA) is 82.8 Å². The van der Waals surface area contributed by atoms with Crippen molar-refractivity contribution in [2.45, 2.75) is 30.7 Å². The molecule has 2 heterocycles. The summed E-state index contributed by atoms with van der Waals surface area (Å²) in [4.78, 5) is 4.49. The van der Waals surface area contributed by atoms with Crippen molar-refractivity contribution in [1.29, 1.82) is 0 Å². The molecule has 23 heavy (non-hydrogen) atoms. The second-order valence-corrected chi connectivity index (χ2v) is 6.69. The Balaban J connectivity index is 1.78. The first-order valence-corrected chi connectivity index (χ1v) is 8.46. The van der Waals surface area contributed by atoms with Gasteiger partial charge in [0.2, 0.25) is 0 Å². The van der Waals surface area contributed by atoms with Crippen LogP contribution in [0.15, 0.2) is 42.5 Å². The molecule has 0 radical (unpaired) electrons. The highest BCUT2D eigenvalue weighted by Gasteiger charge is 2.38. The number of aryl methyl sites for hydroxylation is 1. The summed E-state index contributed by atoms with van der Waals surface area (Å²) in [6, 6.07) is 13.3. The third kappa shape index (κ3) is 3.67. The Morgan fingerprint density at radius 1 is 1.09 bits per heavy atom.